The number of rotatable bonds is 4. The number of nitrogens with zero attached hydrogens (tertiary/aromatic N) is 3. The molecule has 1 aliphatic heterocycles. The summed E-state index contributed by atoms with van der Waals surface area (Å²) in [5.41, 5.74) is 0. The molecule has 0 amide bonds. The molecule has 3 heterocycles. The predicted octanol–water partition coefficient (Wildman–Crippen LogP) is 3.69. The fraction of sp³-hybridized carbons (Fsp3) is 0.600. The standard InChI is InChI=1S/C15H19F3N4S/c1-10-6-12-13(20-9-21-14(12)23-10)19-7-11-2-4-22(5-3-11)8-15(16,17)18/h6,9,11H,2-5,7-8H2,1H3,(H,19,20,21). The molecule has 0 bridgehead atoms. The Morgan fingerprint density at radius 3 is 2.74 bits per heavy atom. The van der Waals surface area contributed by atoms with Crippen molar-refractivity contribution in [3.63, 3.8) is 0 Å². The van der Waals surface area contributed by atoms with Gasteiger partial charge in [0.05, 0.1) is 11.9 Å². The van der Waals surface area contributed by atoms with Crippen molar-refractivity contribution < 1.29 is 13.2 Å². The minimum atomic E-state index is -4.10. The second-order valence-corrected chi connectivity index (χ2v) is 7.25. The van der Waals surface area contributed by atoms with Crippen LogP contribution in [-0.2, 0) is 0 Å². The Bertz CT molecular complexity index is 662. The average Bonchev–Trinajstić information content (AvgIpc) is 2.85. The van der Waals surface area contributed by atoms with Crippen LogP contribution in [0.1, 0.15) is 17.7 Å². The highest BCUT2D eigenvalue weighted by molar-refractivity contribution is 7.18. The maximum Gasteiger partial charge on any atom is 0.401 e. The van der Waals surface area contributed by atoms with Crippen LogP contribution in [0.3, 0.4) is 0 Å². The van der Waals surface area contributed by atoms with Crippen molar-refractivity contribution in [2.45, 2.75) is 25.9 Å². The van der Waals surface area contributed by atoms with Crippen LogP contribution < -0.4 is 5.32 Å². The Labute approximate surface area is 136 Å². The Balaban J connectivity index is 1.53. The molecule has 0 aliphatic carbocycles. The van der Waals surface area contributed by atoms with E-state index < -0.39 is 12.7 Å². The number of alkyl halides is 3. The van der Waals surface area contributed by atoms with Crippen LogP contribution in [0.25, 0.3) is 10.2 Å². The Morgan fingerprint density at radius 2 is 2.04 bits per heavy atom. The van der Waals surface area contributed by atoms with E-state index >= 15 is 0 Å². The molecule has 0 spiro atoms. The lowest BCUT2D eigenvalue weighted by Crippen LogP contribution is -2.41. The van der Waals surface area contributed by atoms with Gasteiger partial charge in [0.15, 0.2) is 0 Å². The van der Waals surface area contributed by atoms with Gasteiger partial charge in [0.1, 0.15) is 17.0 Å². The summed E-state index contributed by atoms with van der Waals surface area (Å²) < 4.78 is 37.2. The average molecular weight is 344 g/mol. The zero-order valence-corrected chi connectivity index (χ0v) is 13.7. The quantitative estimate of drug-likeness (QED) is 0.918. The van der Waals surface area contributed by atoms with E-state index in [9.17, 15) is 13.2 Å². The van der Waals surface area contributed by atoms with Gasteiger partial charge in [-0.3, -0.25) is 4.90 Å². The highest BCUT2D eigenvalue weighted by Gasteiger charge is 2.32. The number of nitrogens with one attached hydrogen (secondary N) is 1. The van der Waals surface area contributed by atoms with Crippen LogP contribution in [0.2, 0.25) is 0 Å². The molecule has 1 aliphatic rings. The van der Waals surface area contributed by atoms with E-state index in [2.05, 4.69) is 21.4 Å². The summed E-state index contributed by atoms with van der Waals surface area (Å²) in [7, 11) is 0. The number of aromatic nitrogens is 2. The van der Waals surface area contributed by atoms with Crippen LogP contribution in [0.15, 0.2) is 12.4 Å². The van der Waals surface area contributed by atoms with Crippen LogP contribution in [0.4, 0.5) is 19.0 Å². The summed E-state index contributed by atoms with van der Waals surface area (Å²) in [4.78, 5) is 12.2. The van der Waals surface area contributed by atoms with Gasteiger partial charge in [-0.1, -0.05) is 0 Å². The number of likely N-dealkylation sites (tertiary alicyclic amines) is 1. The van der Waals surface area contributed by atoms with Crippen molar-refractivity contribution >= 4 is 27.4 Å². The van der Waals surface area contributed by atoms with Crippen molar-refractivity contribution in [3.8, 4) is 0 Å². The van der Waals surface area contributed by atoms with Gasteiger partial charge in [-0.25, -0.2) is 9.97 Å². The molecule has 0 radical (unpaired) electrons. The molecule has 2 aromatic rings. The van der Waals surface area contributed by atoms with Crippen LogP contribution >= 0.6 is 11.3 Å². The molecular weight excluding hydrogens is 325 g/mol. The number of halogens is 3. The van der Waals surface area contributed by atoms with Crippen LogP contribution in [-0.4, -0.2) is 47.2 Å². The second-order valence-electron chi connectivity index (χ2n) is 6.01. The molecule has 23 heavy (non-hydrogen) atoms. The molecule has 0 saturated carbocycles. The van der Waals surface area contributed by atoms with E-state index in [1.807, 2.05) is 6.92 Å². The largest absolute Gasteiger partial charge is 0.401 e. The predicted molar refractivity (Wildman–Crippen MR) is 85.9 cm³/mol. The molecule has 0 unspecified atom stereocenters. The molecule has 1 fully saturated rings. The molecule has 1 N–H and O–H groups in total. The second kappa shape index (κ2) is 6.60. The van der Waals surface area contributed by atoms with Gasteiger partial charge in [0.25, 0.3) is 0 Å². The molecule has 2 aromatic heterocycles. The Morgan fingerprint density at radius 1 is 1.30 bits per heavy atom. The number of hydrogen-bond acceptors (Lipinski definition) is 5. The third-order valence-electron chi connectivity index (χ3n) is 4.12. The van der Waals surface area contributed by atoms with E-state index in [1.165, 1.54) is 9.78 Å². The monoisotopic (exact) mass is 344 g/mol. The summed E-state index contributed by atoms with van der Waals surface area (Å²) >= 11 is 1.63. The van der Waals surface area contributed by atoms with Gasteiger partial charge >= 0.3 is 6.18 Å². The van der Waals surface area contributed by atoms with E-state index in [0.29, 0.717) is 19.0 Å². The maximum absolute atomic E-state index is 12.4. The molecule has 8 heteroatoms. The Hall–Kier alpha value is -1.41. The fourth-order valence-electron chi connectivity index (χ4n) is 2.96. The summed E-state index contributed by atoms with van der Waals surface area (Å²) in [6.45, 7) is 2.98. The fourth-order valence-corrected chi connectivity index (χ4v) is 3.81. The van der Waals surface area contributed by atoms with Gasteiger partial charge in [-0.2, -0.15) is 13.2 Å². The van der Waals surface area contributed by atoms with Crippen molar-refractivity contribution in [1.82, 2.24) is 14.9 Å². The summed E-state index contributed by atoms with van der Waals surface area (Å²) in [5.74, 6) is 1.20. The molecular formula is C15H19F3N4S. The minimum Gasteiger partial charge on any atom is -0.369 e. The number of piperidine rings is 1. The molecule has 126 valence electrons. The number of anilines is 1. The lowest BCUT2D eigenvalue weighted by Gasteiger charge is -2.32. The third kappa shape index (κ3) is 4.32. The van der Waals surface area contributed by atoms with Crippen molar-refractivity contribution in [1.29, 1.82) is 0 Å². The zero-order chi connectivity index (χ0) is 16.4. The number of thiophene rings is 1. The maximum atomic E-state index is 12.4. The highest BCUT2D eigenvalue weighted by atomic mass is 32.1. The summed E-state index contributed by atoms with van der Waals surface area (Å²) in [6.07, 6.45) is -0.999. The van der Waals surface area contributed by atoms with Gasteiger partial charge in [-0.15, -0.1) is 11.3 Å². The first kappa shape index (κ1) is 16.4. The lowest BCUT2D eigenvalue weighted by atomic mass is 9.97. The first-order chi connectivity index (χ1) is 10.9. The molecule has 0 aromatic carbocycles. The number of aryl methyl sites for hydroxylation is 1. The smallest absolute Gasteiger partial charge is 0.369 e. The van der Waals surface area contributed by atoms with E-state index in [4.69, 9.17) is 0 Å². The number of hydrogen-bond donors (Lipinski definition) is 1. The first-order valence-corrected chi connectivity index (χ1v) is 8.46. The summed E-state index contributed by atoms with van der Waals surface area (Å²) in [6, 6.07) is 2.06. The lowest BCUT2D eigenvalue weighted by molar-refractivity contribution is -0.148. The van der Waals surface area contributed by atoms with Crippen molar-refractivity contribution in [2.75, 3.05) is 31.5 Å². The highest BCUT2D eigenvalue weighted by Crippen LogP contribution is 2.28. The van der Waals surface area contributed by atoms with Gasteiger partial charge in [0, 0.05) is 11.4 Å². The van der Waals surface area contributed by atoms with Crippen LogP contribution in [0.5, 0.6) is 0 Å². The van der Waals surface area contributed by atoms with E-state index in [-0.39, 0.29) is 0 Å². The van der Waals surface area contributed by atoms with E-state index in [1.54, 1.807) is 17.7 Å². The SMILES string of the molecule is Cc1cc2c(NCC3CCN(CC(F)(F)F)CC3)ncnc2s1. The van der Waals surface area contributed by atoms with Gasteiger partial charge in [-0.05, 0) is 44.8 Å². The topological polar surface area (TPSA) is 41.0 Å². The third-order valence-corrected chi connectivity index (χ3v) is 5.08. The Kier molecular flexibility index (Phi) is 4.72. The molecule has 0 atom stereocenters. The van der Waals surface area contributed by atoms with Crippen LogP contribution in [0, 0.1) is 12.8 Å². The normalized spacial score (nSPS) is 17.7. The van der Waals surface area contributed by atoms with E-state index in [0.717, 1.165) is 35.4 Å². The molecule has 1 saturated heterocycles. The van der Waals surface area contributed by atoms with Gasteiger partial charge < -0.3 is 5.32 Å². The molecule has 4 nitrogen and oxygen atoms in total. The molecule has 3 rings (SSSR count). The minimum absolute atomic E-state index is 0.379. The number of fused-ring (bicyclic) bond motifs is 1. The van der Waals surface area contributed by atoms with Gasteiger partial charge in [0.2, 0.25) is 0 Å². The summed E-state index contributed by atoms with van der Waals surface area (Å²) in [5, 5.41) is 4.37. The first-order valence-electron chi connectivity index (χ1n) is 7.65. The van der Waals surface area contributed by atoms with Crippen molar-refractivity contribution in [3.05, 3.63) is 17.3 Å². The zero-order valence-electron chi connectivity index (χ0n) is 12.9. The van der Waals surface area contributed by atoms with Crippen molar-refractivity contribution in [2.24, 2.45) is 5.92 Å².